The molecule has 4 N–H and O–H groups in total. The van der Waals surface area contributed by atoms with E-state index in [2.05, 4.69) is 9.97 Å². The molecule has 0 saturated heterocycles. The van der Waals surface area contributed by atoms with Crippen molar-refractivity contribution in [2.75, 3.05) is 11.5 Å². The Bertz CT molecular complexity index is 898. The van der Waals surface area contributed by atoms with Gasteiger partial charge in [0, 0.05) is 10.9 Å². The summed E-state index contributed by atoms with van der Waals surface area (Å²) < 4.78 is 14.7. The standard InChI is InChI=1S/C15H10FN5/c16-12-9-4-2-1-3-8(9)5-6-10(12)13-11(7-17)14(18)21-15(19)20-13/h1-6H,(H4,18,19,20,21). The fourth-order valence-corrected chi connectivity index (χ4v) is 2.22. The maximum Gasteiger partial charge on any atom is 0.222 e. The largest absolute Gasteiger partial charge is 0.382 e. The maximum atomic E-state index is 14.7. The average molecular weight is 279 g/mol. The summed E-state index contributed by atoms with van der Waals surface area (Å²) >= 11 is 0. The van der Waals surface area contributed by atoms with Crippen LogP contribution in [0.1, 0.15) is 5.56 Å². The molecule has 3 aromatic rings. The molecule has 1 aromatic heterocycles. The minimum absolute atomic E-state index is 0.0124. The summed E-state index contributed by atoms with van der Waals surface area (Å²) in [7, 11) is 0. The molecule has 0 unspecified atom stereocenters. The Morgan fingerprint density at radius 1 is 1.05 bits per heavy atom. The van der Waals surface area contributed by atoms with E-state index < -0.39 is 5.82 Å². The Kier molecular flexibility index (Phi) is 2.88. The first-order chi connectivity index (χ1) is 10.1. The SMILES string of the molecule is N#Cc1c(N)nc(N)nc1-c1ccc2ccccc2c1F. The van der Waals surface area contributed by atoms with Crippen molar-refractivity contribution < 1.29 is 4.39 Å². The number of nitrogen functional groups attached to an aromatic ring is 2. The Balaban J connectivity index is 2.36. The van der Waals surface area contributed by atoms with E-state index in [0.29, 0.717) is 5.39 Å². The number of hydrogen-bond donors (Lipinski definition) is 2. The molecule has 0 fully saturated rings. The minimum Gasteiger partial charge on any atom is -0.382 e. The van der Waals surface area contributed by atoms with Gasteiger partial charge in [0.1, 0.15) is 23.3 Å². The van der Waals surface area contributed by atoms with Crippen LogP contribution >= 0.6 is 0 Å². The predicted octanol–water partition coefficient (Wildman–Crippen LogP) is 2.47. The van der Waals surface area contributed by atoms with Crippen LogP contribution in [0.25, 0.3) is 22.0 Å². The molecular weight excluding hydrogens is 269 g/mol. The molecule has 1 heterocycles. The highest BCUT2D eigenvalue weighted by atomic mass is 19.1. The minimum atomic E-state index is -0.470. The zero-order chi connectivity index (χ0) is 15.0. The van der Waals surface area contributed by atoms with E-state index in [4.69, 9.17) is 11.5 Å². The molecule has 102 valence electrons. The van der Waals surface area contributed by atoms with Crippen molar-refractivity contribution in [3.05, 3.63) is 47.8 Å². The lowest BCUT2D eigenvalue weighted by molar-refractivity contribution is 0.642. The number of nitriles is 1. The Hall–Kier alpha value is -3.20. The van der Waals surface area contributed by atoms with Gasteiger partial charge >= 0.3 is 0 Å². The average Bonchev–Trinajstić information content (AvgIpc) is 2.47. The van der Waals surface area contributed by atoms with Crippen LogP contribution in [0.4, 0.5) is 16.2 Å². The molecule has 0 aliphatic heterocycles. The normalized spacial score (nSPS) is 10.5. The highest BCUT2D eigenvalue weighted by Crippen LogP contribution is 2.31. The van der Waals surface area contributed by atoms with Gasteiger partial charge in [-0.25, -0.2) is 9.37 Å². The summed E-state index contributed by atoms with van der Waals surface area (Å²) in [5, 5.41) is 10.4. The van der Waals surface area contributed by atoms with Crippen LogP contribution in [0.3, 0.4) is 0 Å². The summed E-state index contributed by atoms with van der Waals surface area (Å²) in [6, 6.07) is 12.2. The van der Waals surface area contributed by atoms with Crippen molar-refractivity contribution in [1.29, 1.82) is 5.26 Å². The highest BCUT2D eigenvalue weighted by molar-refractivity contribution is 5.89. The van der Waals surface area contributed by atoms with Crippen LogP contribution in [0.15, 0.2) is 36.4 Å². The highest BCUT2D eigenvalue weighted by Gasteiger charge is 2.17. The summed E-state index contributed by atoms with van der Waals surface area (Å²) in [6.45, 7) is 0. The van der Waals surface area contributed by atoms with Gasteiger partial charge in [0.15, 0.2) is 0 Å². The molecular formula is C15H10FN5. The number of hydrogen-bond acceptors (Lipinski definition) is 5. The second-order valence-electron chi connectivity index (χ2n) is 4.45. The number of nitrogens with zero attached hydrogens (tertiary/aromatic N) is 3. The van der Waals surface area contributed by atoms with Crippen LogP contribution in [0.5, 0.6) is 0 Å². The molecule has 21 heavy (non-hydrogen) atoms. The molecule has 0 aliphatic rings. The zero-order valence-electron chi connectivity index (χ0n) is 10.8. The second-order valence-corrected chi connectivity index (χ2v) is 4.45. The first-order valence-electron chi connectivity index (χ1n) is 6.12. The van der Waals surface area contributed by atoms with E-state index >= 15 is 0 Å². The van der Waals surface area contributed by atoms with Crippen LogP contribution in [0.2, 0.25) is 0 Å². The Morgan fingerprint density at radius 2 is 1.81 bits per heavy atom. The monoisotopic (exact) mass is 279 g/mol. The van der Waals surface area contributed by atoms with Crippen LogP contribution in [-0.2, 0) is 0 Å². The van der Waals surface area contributed by atoms with Crippen molar-refractivity contribution in [3.8, 4) is 17.3 Å². The van der Waals surface area contributed by atoms with Gasteiger partial charge in [0.2, 0.25) is 5.95 Å². The zero-order valence-corrected chi connectivity index (χ0v) is 10.8. The molecule has 0 aliphatic carbocycles. The van der Waals surface area contributed by atoms with Gasteiger partial charge in [-0.1, -0.05) is 30.3 Å². The number of fused-ring (bicyclic) bond motifs is 1. The lowest BCUT2D eigenvalue weighted by Gasteiger charge is -2.09. The van der Waals surface area contributed by atoms with Crippen molar-refractivity contribution in [1.82, 2.24) is 9.97 Å². The van der Waals surface area contributed by atoms with Gasteiger partial charge < -0.3 is 11.5 Å². The third-order valence-corrected chi connectivity index (χ3v) is 3.18. The van der Waals surface area contributed by atoms with Gasteiger partial charge in [-0.2, -0.15) is 10.2 Å². The van der Waals surface area contributed by atoms with E-state index in [1.807, 2.05) is 12.1 Å². The summed E-state index contributed by atoms with van der Waals surface area (Å²) in [5.74, 6) is -0.635. The van der Waals surface area contributed by atoms with Gasteiger partial charge in [-0.3, -0.25) is 0 Å². The molecule has 2 aromatic carbocycles. The van der Waals surface area contributed by atoms with Gasteiger partial charge in [-0.05, 0) is 11.5 Å². The number of halogens is 1. The number of anilines is 2. The smallest absolute Gasteiger partial charge is 0.222 e. The third kappa shape index (κ3) is 2.01. The van der Waals surface area contributed by atoms with Crippen molar-refractivity contribution >= 4 is 22.5 Å². The topological polar surface area (TPSA) is 102 Å². The van der Waals surface area contributed by atoms with E-state index in [1.54, 1.807) is 30.3 Å². The fraction of sp³-hybridized carbons (Fsp3) is 0. The maximum absolute atomic E-state index is 14.7. The molecule has 0 amide bonds. The van der Waals surface area contributed by atoms with Gasteiger partial charge in [-0.15, -0.1) is 0 Å². The Morgan fingerprint density at radius 3 is 2.57 bits per heavy atom. The quantitative estimate of drug-likeness (QED) is 0.712. The summed E-state index contributed by atoms with van der Waals surface area (Å²) in [6.07, 6.45) is 0. The second kappa shape index (κ2) is 4.72. The molecule has 0 spiro atoms. The molecule has 0 bridgehead atoms. The van der Waals surface area contributed by atoms with E-state index in [9.17, 15) is 9.65 Å². The number of nitrogens with two attached hydrogens (primary N) is 2. The van der Waals surface area contributed by atoms with E-state index in [0.717, 1.165) is 5.39 Å². The lowest BCUT2D eigenvalue weighted by atomic mass is 10.0. The molecule has 6 heteroatoms. The van der Waals surface area contributed by atoms with E-state index in [1.165, 1.54) is 0 Å². The van der Waals surface area contributed by atoms with Crippen LogP contribution in [0, 0.1) is 17.1 Å². The summed E-state index contributed by atoms with van der Waals surface area (Å²) in [5.41, 5.74) is 11.5. The fourth-order valence-electron chi connectivity index (χ4n) is 2.22. The molecule has 5 nitrogen and oxygen atoms in total. The van der Waals surface area contributed by atoms with E-state index in [-0.39, 0.29) is 28.6 Å². The molecule has 0 radical (unpaired) electrons. The molecule has 0 atom stereocenters. The van der Waals surface area contributed by atoms with Gasteiger partial charge in [0.25, 0.3) is 0 Å². The third-order valence-electron chi connectivity index (χ3n) is 3.18. The predicted molar refractivity (Wildman–Crippen MR) is 78.5 cm³/mol. The molecule has 3 rings (SSSR count). The molecule has 0 saturated carbocycles. The lowest BCUT2D eigenvalue weighted by Crippen LogP contribution is -2.05. The Labute approximate surface area is 119 Å². The number of benzene rings is 2. The van der Waals surface area contributed by atoms with Crippen molar-refractivity contribution in [2.24, 2.45) is 0 Å². The van der Waals surface area contributed by atoms with Crippen molar-refractivity contribution in [2.45, 2.75) is 0 Å². The first kappa shape index (κ1) is 12.8. The van der Waals surface area contributed by atoms with Crippen molar-refractivity contribution in [3.63, 3.8) is 0 Å². The number of rotatable bonds is 1. The van der Waals surface area contributed by atoms with Gasteiger partial charge in [0.05, 0.1) is 5.69 Å². The first-order valence-corrected chi connectivity index (χ1v) is 6.12. The number of aromatic nitrogens is 2. The summed E-state index contributed by atoms with van der Waals surface area (Å²) in [4.78, 5) is 7.69. The van der Waals surface area contributed by atoms with Crippen LogP contribution in [-0.4, -0.2) is 9.97 Å². The van der Waals surface area contributed by atoms with Crippen LogP contribution < -0.4 is 11.5 Å².